The molecule has 4 nitrogen and oxygen atoms in total. The van der Waals surface area contributed by atoms with Gasteiger partial charge in [0.25, 0.3) is 0 Å². The quantitative estimate of drug-likeness (QED) is 0.273. The Kier molecular flexibility index (Phi) is 6.92. The molecule has 0 radical (unpaired) electrons. The predicted octanol–water partition coefficient (Wildman–Crippen LogP) is 6.93. The fourth-order valence-corrected chi connectivity index (χ4v) is 5.16. The normalized spacial score (nSPS) is 17.2. The molecule has 0 saturated carbocycles. The molecule has 1 aromatic heterocycles. The third-order valence-corrected chi connectivity index (χ3v) is 7.24. The van der Waals surface area contributed by atoms with Gasteiger partial charge in [0.2, 0.25) is 0 Å². The Hall–Kier alpha value is -3.07. The summed E-state index contributed by atoms with van der Waals surface area (Å²) in [7, 11) is 0. The first-order valence-corrected chi connectivity index (χ1v) is 13.0. The van der Waals surface area contributed by atoms with E-state index in [4.69, 9.17) is 4.74 Å². The molecule has 9 heteroatoms. The van der Waals surface area contributed by atoms with Crippen molar-refractivity contribution in [3.8, 4) is 5.75 Å². The summed E-state index contributed by atoms with van der Waals surface area (Å²) in [5, 5.41) is 0.793. The fraction of sp³-hybridized carbons (Fsp3) is 0.333. The third kappa shape index (κ3) is 5.07. The molecule has 0 spiro atoms. The summed E-state index contributed by atoms with van der Waals surface area (Å²) >= 11 is 1.47. The Balaban J connectivity index is 1.36. The van der Waals surface area contributed by atoms with Crippen molar-refractivity contribution in [1.29, 1.82) is 0 Å². The minimum atomic E-state index is -4.50. The summed E-state index contributed by atoms with van der Waals surface area (Å²) in [6, 6.07) is 12.1. The van der Waals surface area contributed by atoms with Crippen LogP contribution in [0.2, 0.25) is 0 Å². The zero-order chi connectivity index (χ0) is 25.3. The first-order chi connectivity index (χ1) is 17.3. The highest BCUT2D eigenvalue weighted by Crippen LogP contribution is 2.35. The number of allylic oxidation sites excluding steroid dienone is 1. The molecule has 0 N–H and O–H groups in total. The minimum Gasteiger partial charge on any atom is -0.487 e. The molecule has 36 heavy (non-hydrogen) atoms. The molecule has 2 aliphatic heterocycles. The van der Waals surface area contributed by atoms with Gasteiger partial charge >= 0.3 is 6.18 Å². The molecule has 0 unspecified atom stereocenters. The molecule has 2 aliphatic rings. The van der Waals surface area contributed by atoms with Gasteiger partial charge in [0.05, 0.1) is 5.52 Å². The number of benzene rings is 2. The molecule has 0 bridgehead atoms. The molecule has 0 atom stereocenters. The minimum absolute atomic E-state index is 0.113. The zero-order valence-electron chi connectivity index (χ0n) is 19.7. The van der Waals surface area contributed by atoms with Crippen LogP contribution >= 0.6 is 11.8 Å². The van der Waals surface area contributed by atoms with E-state index in [0.717, 1.165) is 16.0 Å². The highest BCUT2D eigenvalue weighted by molar-refractivity contribution is 7.98. The Morgan fingerprint density at radius 2 is 1.86 bits per heavy atom. The van der Waals surface area contributed by atoms with Crippen molar-refractivity contribution in [2.24, 2.45) is 4.99 Å². The maximum Gasteiger partial charge on any atom is 0.433 e. The summed E-state index contributed by atoms with van der Waals surface area (Å²) in [4.78, 5) is 11.2. The van der Waals surface area contributed by atoms with Gasteiger partial charge in [0, 0.05) is 60.2 Å². The highest BCUT2D eigenvalue weighted by Gasteiger charge is 2.39. The molecule has 3 heterocycles. The Labute approximate surface area is 211 Å². The number of piperidine rings is 1. The predicted molar refractivity (Wildman–Crippen MR) is 137 cm³/mol. The van der Waals surface area contributed by atoms with Crippen molar-refractivity contribution in [3.63, 3.8) is 0 Å². The SMILES string of the molecule is CSc1ccc(OC2CCN(c3ccnc4ccc(C5=CCCN=C5C(F)(F)F)cc34)CC2)c(F)c1. The third-order valence-electron chi connectivity index (χ3n) is 6.52. The van der Waals surface area contributed by atoms with Gasteiger partial charge in [-0.2, -0.15) is 13.2 Å². The topological polar surface area (TPSA) is 37.7 Å². The largest absolute Gasteiger partial charge is 0.487 e. The van der Waals surface area contributed by atoms with Gasteiger partial charge in [-0.25, -0.2) is 4.39 Å². The smallest absolute Gasteiger partial charge is 0.433 e. The van der Waals surface area contributed by atoms with E-state index in [1.165, 1.54) is 17.8 Å². The Bertz CT molecular complexity index is 1330. The van der Waals surface area contributed by atoms with E-state index in [2.05, 4.69) is 14.9 Å². The van der Waals surface area contributed by atoms with Crippen LogP contribution < -0.4 is 9.64 Å². The van der Waals surface area contributed by atoms with E-state index < -0.39 is 11.9 Å². The molecular formula is C27H25F4N3OS. The summed E-state index contributed by atoms with van der Waals surface area (Å²) in [5.41, 5.74) is 1.40. The van der Waals surface area contributed by atoms with Gasteiger partial charge in [0.1, 0.15) is 11.8 Å². The Morgan fingerprint density at radius 3 is 2.58 bits per heavy atom. The van der Waals surface area contributed by atoms with Gasteiger partial charge < -0.3 is 9.64 Å². The van der Waals surface area contributed by atoms with Crippen LogP contribution in [0, 0.1) is 5.82 Å². The molecule has 1 saturated heterocycles. The summed E-state index contributed by atoms with van der Waals surface area (Å²) in [6.07, 6.45) is 2.47. The fourth-order valence-electron chi connectivity index (χ4n) is 4.74. The van der Waals surface area contributed by atoms with E-state index in [1.54, 1.807) is 36.5 Å². The van der Waals surface area contributed by atoms with E-state index in [1.807, 2.05) is 18.4 Å². The number of ether oxygens (including phenoxy) is 1. The van der Waals surface area contributed by atoms with Gasteiger partial charge in [-0.05, 0) is 54.6 Å². The lowest BCUT2D eigenvalue weighted by Crippen LogP contribution is -2.38. The highest BCUT2D eigenvalue weighted by atomic mass is 32.2. The van der Waals surface area contributed by atoms with Crippen molar-refractivity contribution < 1.29 is 22.3 Å². The maximum atomic E-state index is 14.4. The van der Waals surface area contributed by atoms with Gasteiger partial charge in [-0.1, -0.05) is 12.1 Å². The van der Waals surface area contributed by atoms with Crippen molar-refractivity contribution in [1.82, 2.24) is 4.98 Å². The van der Waals surface area contributed by atoms with E-state index in [0.29, 0.717) is 43.4 Å². The van der Waals surface area contributed by atoms with Gasteiger partial charge in [-0.15, -0.1) is 11.8 Å². The van der Waals surface area contributed by atoms with Crippen LogP contribution in [0.25, 0.3) is 16.5 Å². The van der Waals surface area contributed by atoms with E-state index >= 15 is 0 Å². The van der Waals surface area contributed by atoms with Gasteiger partial charge in [0.15, 0.2) is 11.6 Å². The lowest BCUT2D eigenvalue weighted by atomic mass is 9.95. The maximum absolute atomic E-state index is 14.4. The number of hydrogen-bond donors (Lipinski definition) is 0. The number of aromatic nitrogens is 1. The van der Waals surface area contributed by atoms with Crippen molar-refractivity contribution in [3.05, 3.63) is 66.1 Å². The first kappa shape index (κ1) is 24.6. The lowest BCUT2D eigenvalue weighted by Gasteiger charge is -2.34. The number of nitrogens with zero attached hydrogens (tertiary/aromatic N) is 3. The summed E-state index contributed by atoms with van der Waals surface area (Å²) in [5.74, 6) is -0.108. The van der Waals surface area contributed by atoms with E-state index in [-0.39, 0.29) is 29.8 Å². The molecule has 5 rings (SSSR count). The second kappa shape index (κ2) is 10.1. The number of anilines is 1. The summed E-state index contributed by atoms with van der Waals surface area (Å²) in [6.45, 7) is 1.49. The van der Waals surface area contributed by atoms with Crippen LogP contribution in [0.4, 0.5) is 23.2 Å². The number of hydrogen-bond acceptors (Lipinski definition) is 5. The number of fused-ring (bicyclic) bond motifs is 1. The van der Waals surface area contributed by atoms with Crippen LogP contribution in [0.15, 0.2) is 64.6 Å². The number of thioether (sulfide) groups is 1. The second-order valence-corrected chi connectivity index (χ2v) is 9.68. The van der Waals surface area contributed by atoms with Crippen LogP contribution in [-0.4, -0.2) is 48.9 Å². The molecule has 3 aromatic rings. The number of pyridine rings is 1. The zero-order valence-corrected chi connectivity index (χ0v) is 20.5. The van der Waals surface area contributed by atoms with Crippen LogP contribution in [0.3, 0.4) is 0 Å². The summed E-state index contributed by atoms with van der Waals surface area (Å²) < 4.78 is 61.1. The molecule has 0 aliphatic carbocycles. The molecule has 1 fully saturated rings. The molecule has 0 amide bonds. The number of rotatable bonds is 5. The second-order valence-electron chi connectivity index (χ2n) is 8.80. The number of alkyl halides is 3. The van der Waals surface area contributed by atoms with Crippen molar-refractivity contribution in [2.75, 3.05) is 30.8 Å². The monoisotopic (exact) mass is 515 g/mol. The Morgan fingerprint density at radius 1 is 1.06 bits per heavy atom. The number of aliphatic imine (C=N–C) groups is 1. The molecule has 188 valence electrons. The van der Waals surface area contributed by atoms with Crippen LogP contribution in [0.5, 0.6) is 5.75 Å². The average Bonchev–Trinajstić information content (AvgIpc) is 2.89. The van der Waals surface area contributed by atoms with Gasteiger partial charge in [-0.3, -0.25) is 9.98 Å². The standard InChI is InChI=1S/C27H25F4N3OS/c1-36-19-5-7-25(22(28)16-19)35-18-9-13-34(14-10-18)24-8-12-32-23-6-4-17(15-21(23)24)20-3-2-11-33-26(20)27(29,30)31/h3-8,12,15-16,18H,2,9-11,13-14H2,1H3. The van der Waals surface area contributed by atoms with Crippen LogP contribution in [-0.2, 0) is 0 Å². The molecular weight excluding hydrogens is 490 g/mol. The number of dihydropyridines is 1. The molecule has 2 aromatic carbocycles. The average molecular weight is 516 g/mol. The number of halogens is 4. The van der Waals surface area contributed by atoms with Crippen LogP contribution in [0.1, 0.15) is 24.8 Å². The van der Waals surface area contributed by atoms with Crippen molar-refractivity contribution >= 4 is 39.6 Å². The van der Waals surface area contributed by atoms with Crippen molar-refractivity contribution in [2.45, 2.75) is 36.4 Å². The van der Waals surface area contributed by atoms with E-state index in [9.17, 15) is 17.6 Å². The first-order valence-electron chi connectivity index (χ1n) is 11.8. The lowest BCUT2D eigenvalue weighted by molar-refractivity contribution is -0.0574.